The van der Waals surface area contributed by atoms with E-state index < -0.39 is 0 Å². The number of carbonyl (C=O) groups is 1. The molecule has 1 aliphatic carbocycles. The maximum absolute atomic E-state index is 12.9. The highest BCUT2D eigenvalue weighted by Gasteiger charge is 2.20. The smallest absolute Gasteiger partial charge is 0.265 e. The molecule has 2 aromatic heterocycles. The molecule has 0 radical (unpaired) electrons. The van der Waals surface area contributed by atoms with Crippen LogP contribution in [0.4, 0.5) is 11.5 Å². The molecule has 2 aromatic rings. The van der Waals surface area contributed by atoms with Crippen molar-refractivity contribution in [2.75, 3.05) is 36.5 Å². The Hall–Kier alpha value is -1.92. The number of hydrogen-bond donors (Lipinski definition) is 1. The predicted octanol–water partition coefficient (Wildman–Crippen LogP) is 3.89. The van der Waals surface area contributed by atoms with E-state index in [-0.39, 0.29) is 5.91 Å². The van der Waals surface area contributed by atoms with Crippen molar-refractivity contribution in [2.24, 2.45) is 0 Å². The van der Waals surface area contributed by atoms with Crippen LogP contribution >= 0.6 is 11.3 Å². The van der Waals surface area contributed by atoms with Crippen LogP contribution in [0.15, 0.2) is 24.4 Å². The van der Waals surface area contributed by atoms with Crippen LogP contribution in [-0.2, 0) is 17.6 Å². The minimum atomic E-state index is -0.0238. The molecule has 1 N–H and O–H groups in total. The van der Waals surface area contributed by atoms with Gasteiger partial charge in [-0.05, 0) is 49.4 Å². The first-order chi connectivity index (χ1) is 12.8. The van der Waals surface area contributed by atoms with Crippen molar-refractivity contribution >= 4 is 28.7 Å². The minimum Gasteiger partial charge on any atom is -0.378 e. The van der Waals surface area contributed by atoms with Gasteiger partial charge in [0.05, 0.1) is 23.8 Å². The molecule has 4 rings (SSSR count). The number of rotatable bonds is 3. The largest absolute Gasteiger partial charge is 0.378 e. The van der Waals surface area contributed by atoms with E-state index in [0.717, 1.165) is 42.3 Å². The summed E-state index contributed by atoms with van der Waals surface area (Å²) in [5, 5.41) is 3.09. The molecule has 138 valence electrons. The van der Waals surface area contributed by atoms with Crippen LogP contribution in [0.3, 0.4) is 0 Å². The van der Waals surface area contributed by atoms with Crippen molar-refractivity contribution in [1.29, 1.82) is 0 Å². The van der Waals surface area contributed by atoms with Gasteiger partial charge in [-0.1, -0.05) is 12.8 Å². The predicted molar refractivity (Wildman–Crippen MR) is 105 cm³/mol. The molecule has 6 heteroatoms. The third kappa shape index (κ3) is 3.91. The molecule has 1 fully saturated rings. The van der Waals surface area contributed by atoms with Gasteiger partial charge >= 0.3 is 0 Å². The fraction of sp³-hybridized carbons (Fsp3) is 0.500. The van der Waals surface area contributed by atoms with Crippen molar-refractivity contribution < 1.29 is 9.53 Å². The molecule has 26 heavy (non-hydrogen) atoms. The fourth-order valence-corrected chi connectivity index (χ4v) is 4.81. The van der Waals surface area contributed by atoms with Gasteiger partial charge in [-0.3, -0.25) is 4.79 Å². The Morgan fingerprint density at radius 2 is 1.96 bits per heavy atom. The Bertz CT molecular complexity index is 743. The van der Waals surface area contributed by atoms with Crippen molar-refractivity contribution in [3.05, 3.63) is 39.7 Å². The van der Waals surface area contributed by atoms with Crippen LogP contribution in [0.25, 0.3) is 0 Å². The molecule has 3 heterocycles. The van der Waals surface area contributed by atoms with E-state index >= 15 is 0 Å². The number of nitrogens with zero attached hydrogens (tertiary/aromatic N) is 2. The molecule has 0 unspecified atom stereocenters. The molecule has 0 atom stereocenters. The lowest BCUT2D eigenvalue weighted by Gasteiger charge is -2.29. The molecule has 0 aromatic carbocycles. The lowest BCUT2D eigenvalue weighted by atomic mass is 10.00. The van der Waals surface area contributed by atoms with Crippen molar-refractivity contribution in [3.8, 4) is 0 Å². The maximum atomic E-state index is 12.9. The zero-order valence-corrected chi connectivity index (χ0v) is 15.8. The number of nitrogens with one attached hydrogen (secondary N) is 1. The van der Waals surface area contributed by atoms with Gasteiger partial charge in [0.25, 0.3) is 5.91 Å². The number of aromatic nitrogens is 1. The number of fused-ring (bicyclic) bond motifs is 1. The summed E-state index contributed by atoms with van der Waals surface area (Å²) in [4.78, 5) is 21.7. The van der Waals surface area contributed by atoms with Gasteiger partial charge in [0.2, 0.25) is 0 Å². The zero-order valence-electron chi connectivity index (χ0n) is 15.0. The second kappa shape index (κ2) is 8.18. The van der Waals surface area contributed by atoms with Crippen molar-refractivity contribution in [1.82, 2.24) is 4.98 Å². The van der Waals surface area contributed by atoms with Crippen molar-refractivity contribution in [3.63, 3.8) is 0 Å². The summed E-state index contributed by atoms with van der Waals surface area (Å²) in [6, 6.07) is 5.90. The number of aryl methyl sites for hydroxylation is 2. The van der Waals surface area contributed by atoms with Crippen molar-refractivity contribution in [2.45, 2.75) is 38.5 Å². The van der Waals surface area contributed by atoms with Gasteiger partial charge in [0.1, 0.15) is 0 Å². The normalized spacial score (nSPS) is 17.9. The highest BCUT2D eigenvalue weighted by molar-refractivity contribution is 7.14. The molecule has 0 bridgehead atoms. The lowest BCUT2D eigenvalue weighted by molar-refractivity contribution is 0.103. The second-order valence-electron chi connectivity index (χ2n) is 6.90. The average Bonchev–Trinajstić information content (AvgIpc) is 3.05. The Kier molecular flexibility index (Phi) is 5.51. The molecule has 0 spiro atoms. The van der Waals surface area contributed by atoms with Crippen LogP contribution in [0.5, 0.6) is 0 Å². The third-order valence-corrected chi connectivity index (χ3v) is 6.30. The second-order valence-corrected chi connectivity index (χ2v) is 8.04. The quantitative estimate of drug-likeness (QED) is 0.889. The van der Waals surface area contributed by atoms with E-state index in [1.807, 2.05) is 12.1 Å². The minimum absolute atomic E-state index is 0.0238. The van der Waals surface area contributed by atoms with E-state index in [1.54, 1.807) is 17.5 Å². The topological polar surface area (TPSA) is 54.5 Å². The summed E-state index contributed by atoms with van der Waals surface area (Å²) < 4.78 is 5.42. The summed E-state index contributed by atoms with van der Waals surface area (Å²) in [5.41, 5.74) is 2.15. The molecule has 1 saturated heterocycles. The highest BCUT2D eigenvalue weighted by Crippen LogP contribution is 2.30. The number of thiophene rings is 1. The SMILES string of the molecule is O=C(Nc1cccnc1N1CCOCC1)c1cc2c(s1)CCCCCC2. The van der Waals surface area contributed by atoms with E-state index in [0.29, 0.717) is 13.2 Å². The lowest BCUT2D eigenvalue weighted by Crippen LogP contribution is -2.37. The molecule has 5 nitrogen and oxygen atoms in total. The number of anilines is 2. The van der Waals surface area contributed by atoms with E-state index in [4.69, 9.17) is 4.74 Å². The standard InChI is InChI=1S/C20H25N3O2S/c24-20(18-14-15-6-3-1-2-4-8-17(15)26-18)22-16-7-5-9-21-19(16)23-10-12-25-13-11-23/h5,7,9,14H,1-4,6,8,10-13H2,(H,22,24). The Labute approximate surface area is 158 Å². The number of amides is 1. The summed E-state index contributed by atoms with van der Waals surface area (Å²) in [6.07, 6.45) is 9.06. The molecular formula is C20H25N3O2S. The van der Waals surface area contributed by atoms with E-state index in [2.05, 4.69) is 21.3 Å². The number of morpholine rings is 1. The van der Waals surface area contributed by atoms with Gasteiger partial charge in [-0.15, -0.1) is 11.3 Å². The van der Waals surface area contributed by atoms with Crippen LogP contribution < -0.4 is 10.2 Å². The van der Waals surface area contributed by atoms with Crippen LogP contribution in [0.2, 0.25) is 0 Å². The molecule has 0 saturated carbocycles. The highest BCUT2D eigenvalue weighted by atomic mass is 32.1. The summed E-state index contributed by atoms with van der Waals surface area (Å²) >= 11 is 1.66. The molecule has 1 amide bonds. The van der Waals surface area contributed by atoms with Gasteiger partial charge in [-0.25, -0.2) is 4.98 Å². The fourth-order valence-electron chi connectivity index (χ4n) is 3.66. The Balaban J connectivity index is 1.52. The third-order valence-electron chi connectivity index (χ3n) is 5.07. The summed E-state index contributed by atoms with van der Waals surface area (Å²) in [5.74, 6) is 0.809. The van der Waals surface area contributed by atoms with Gasteiger partial charge < -0.3 is 15.0 Å². The number of carbonyl (C=O) groups excluding carboxylic acids is 1. The summed E-state index contributed by atoms with van der Waals surface area (Å²) in [7, 11) is 0. The summed E-state index contributed by atoms with van der Waals surface area (Å²) in [6.45, 7) is 2.99. The monoisotopic (exact) mass is 371 g/mol. The first kappa shape index (κ1) is 17.5. The number of hydrogen-bond acceptors (Lipinski definition) is 5. The first-order valence-electron chi connectivity index (χ1n) is 9.52. The van der Waals surface area contributed by atoms with E-state index in [1.165, 1.54) is 36.1 Å². The van der Waals surface area contributed by atoms with Gasteiger partial charge in [0.15, 0.2) is 5.82 Å². The Morgan fingerprint density at radius 3 is 2.81 bits per heavy atom. The van der Waals surface area contributed by atoms with Crippen LogP contribution in [-0.4, -0.2) is 37.2 Å². The van der Waals surface area contributed by atoms with Gasteiger partial charge in [-0.2, -0.15) is 0 Å². The molecule has 2 aliphatic rings. The first-order valence-corrected chi connectivity index (χ1v) is 10.3. The zero-order chi connectivity index (χ0) is 17.8. The number of ether oxygens (including phenoxy) is 1. The Morgan fingerprint density at radius 1 is 1.15 bits per heavy atom. The molecule has 1 aliphatic heterocycles. The maximum Gasteiger partial charge on any atom is 0.265 e. The van der Waals surface area contributed by atoms with E-state index in [9.17, 15) is 4.79 Å². The van der Waals surface area contributed by atoms with Crippen LogP contribution in [0, 0.1) is 0 Å². The number of pyridine rings is 1. The average molecular weight is 372 g/mol. The van der Waals surface area contributed by atoms with Gasteiger partial charge in [0, 0.05) is 24.2 Å². The van der Waals surface area contributed by atoms with Crippen LogP contribution in [0.1, 0.15) is 45.8 Å². The molecular weight excluding hydrogens is 346 g/mol.